The van der Waals surface area contributed by atoms with Gasteiger partial charge in [0.2, 0.25) is 0 Å². The van der Waals surface area contributed by atoms with E-state index in [0.29, 0.717) is 17.3 Å². The monoisotopic (exact) mass is 291 g/mol. The van der Waals surface area contributed by atoms with Crippen molar-refractivity contribution in [3.05, 3.63) is 59.7 Å². The highest BCUT2D eigenvalue weighted by Crippen LogP contribution is 2.29. The molecule has 3 heteroatoms. The van der Waals surface area contributed by atoms with Gasteiger partial charge >= 0.3 is 0 Å². The van der Waals surface area contributed by atoms with Crippen molar-refractivity contribution in [1.29, 1.82) is 5.26 Å². The fourth-order valence-corrected chi connectivity index (χ4v) is 3.26. The minimum Gasteiger partial charge on any atom is -0.398 e. The minimum atomic E-state index is 0.492. The molecule has 1 saturated heterocycles. The lowest BCUT2D eigenvalue weighted by Gasteiger charge is -2.38. The minimum absolute atomic E-state index is 0.492. The first-order valence-electron chi connectivity index (χ1n) is 7.88. The van der Waals surface area contributed by atoms with Crippen molar-refractivity contribution in [3.8, 4) is 6.07 Å². The number of nitrogens with zero attached hydrogens (tertiary/aromatic N) is 2. The van der Waals surface area contributed by atoms with Crippen LogP contribution in [0.3, 0.4) is 0 Å². The SMILES string of the molecule is N#Cc1cc(N2CCCC[C@H]2Cc2ccccc2)ccc1N. The zero-order valence-corrected chi connectivity index (χ0v) is 12.7. The molecule has 3 nitrogen and oxygen atoms in total. The Morgan fingerprint density at radius 1 is 1.14 bits per heavy atom. The predicted molar refractivity (Wildman–Crippen MR) is 90.7 cm³/mol. The van der Waals surface area contributed by atoms with Gasteiger partial charge in [-0.3, -0.25) is 0 Å². The Morgan fingerprint density at radius 3 is 2.73 bits per heavy atom. The standard InChI is InChI=1S/C19H21N3/c20-14-16-13-18(9-10-19(16)21)22-11-5-4-8-17(22)12-15-6-2-1-3-7-15/h1-3,6-7,9-10,13,17H,4-5,8,11-12,21H2/t17-/m0/s1. The molecule has 1 aliphatic rings. The fraction of sp³-hybridized carbons (Fsp3) is 0.316. The van der Waals surface area contributed by atoms with E-state index in [0.717, 1.165) is 18.7 Å². The lowest BCUT2D eigenvalue weighted by Crippen LogP contribution is -2.41. The van der Waals surface area contributed by atoms with Gasteiger partial charge in [-0.25, -0.2) is 0 Å². The van der Waals surface area contributed by atoms with E-state index in [1.165, 1.54) is 24.8 Å². The van der Waals surface area contributed by atoms with E-state index in [1.54, 1.807) is 0 Å². The third-order valence-corrected chi connectivity index (χ3v) is 4.43. The molecule has 0 aliphatic carbocycles. The van der Waals surface area contributed by atoms with E-state index < -0.39 is 0 Å². The molecule has 2 aromatic carbocycles. The van der Waals surface area contributed by atoms with Crippen LogP contribution in [-0.4, -0.2) is 12.6 Å². The summed E-state index contributed by atoms with van der Waals surface area (Å²) in [4.78, 5) is 2.44. The average molecular weight is 291 g/mol. The summed E-state index contributed by atoms with van der Waals surface area (Å²) in [7, 11) is 0. The van der Waals surface area contributed by atoms with Gasteiger partial charge in [-0.15, -0.1) is 0 Å². The van der Waals surface area contributed by atoms with Crippen LogP contribution in [0.2, 0.25) is 0 Å². The van der Waals surface area contributed by atoms with E-state index in [4.69, 9.17) is 5.73 Å². The molecule has 3 rings (SSSR count). The molecule has 112 valence electrons. The average Bonchev–Trinajstić information content (AvgIpc) is 2.57. The van der Waals surface area contributed by atoms with Crippen LogP contribution >= 0.6 is 0 Å². The van der Waals surface area contributed by atoms with Crippen LogP contribution in [0.4, 0.5) is 11.4 Å². The zero-order valence-electron chi connectivity index (χ0n) is 12.7. The number of hydrogen-bond donors (Lipinski definition) is 1. The summed E-state index contributed by atoms with van der Waals surface area (Å²) in [6, 6.07) is 19.1. The molecule has 2 N–H and O–H groups in total. The van der Waals surface area contributed by atoms with Crippen LogP contribution in [0.5, 0.6) is 0 Å². The van der Waals surface area contributed by atoms with E-state index >= 15 is 0 Å². The Balaban J connectivity index is 1.85. The molecular weight excluding hydrogens is 270 g/mol. The molecule has 22 heavy (non-hydrogen) atoms. The van der Waals surface area contributed by atoms with Crippen molar-refractivity contribution < 1.29 is 0 Å². The zero-order chi connectivity index (χ0) is 15.4. The van der Waals surface area contributed by atoms with Gasteiger partial charge in [0, 0.05) is 24.0 Å². The quantitative estimate of drug-likeness (QED) is 0.876. The maximum Gasteiger partial charge on any atom is 0.101 e. The Morgan fingerprint density at radius 2 is 1.95 bits per heavy atom. The second-order valence-electron chi connectivity index (χ2n) is 5.92. The Kier molecular flexibility index (Phi) is 4.29. The molecule has 1 atom stereocenters. The third-order valence-electron chi connectivity index (χ3n) is 4.43. The molecule has 0 unspecified atom stereocenters. The number of rotatable bonds is 3. The first-order valence-corrected chi connectivity index (χ1v) is 7.88. The van der Waals surface area contributed by atoms with Crippen molar-refractivity contribution >= 4 is 11.4 Å². The summed E-state index contributed by atoms with van der Waals surface area (Å²) >= 11 is 0. The lowest BCUT2D eigenvalue weighted by atomic mass is 9.94. The summed E-state index contributed by atoms with van der Waals surface area (Å²) < 4.78 is 0. The molecule has 1 fully saturated rings. The van der Waals surface area contributed by atoms with Crippen LogP contribution in [0.1, 0.15) is 30.4 Å². The van der Waals surface area contributed by atoms with Gasteiger partial charge in [0.15, 0.2) is 0 Å². The normalized spacial score (nSPS) is 18.0. The maximum absolute atomic E-state index is 9.19. The van der Waals surface area contributed by atoms with Crippen LogP contribution < -0.4 is 10.6 Å². The summed E-state index contributed by atoms with van der Waals surface area (Å²) in [5.41, 5.74) is 9.46. The smallest absolute Gasteiger partial charge is 0.101 e. The van der Waals surface area contributed by atoms with Gasteiger partial charge in [0.05, 0.1) is 5.56 Å². The van der Waals surface area contributed by atoms with E-state index in [-0.39, 0.29) is 0 Å². The van der Waals surface area contributed by atoms with Crippen LogP contribution in [-0.2, 0) is 6.42 Å². The van der Waals surface area contributed by atoms with Crippen molar-refractivity contribution in [2.24, 2.45) is 0 Å². The highest BCUT2D eigenvalue weighted by molar-refractivity contribution is 5.63. The number of anilines is 2. The number of hydrogen-bond acceptors (Lipinski definition) is 3. The second-order valence-corrected chi connectivity index (χ2v) is 5.92. The predicted octanol–water partition coefficient (Wildman–Crippen LogP) is 3.74. The van der Waals surface area contributed by atoms with Crippen LogP contribution in [0, 0.1) is 11.3 Å². The maximum atomic E-state index is 9.19. The number of nitrogen functional groups attached to an aromatic ring is 1. The number of benzene rings is 2. The molecule has 1 heterocycles. The molecule has 0 radical (unpaired) electrons. The van der Waals surface area contributed by atoms with Crippen molar-refractivity contribution in [3.63, 3.8) is 0 Å². The van der Waals surface area contributed by atoms with Crippen LogP contribution in [0.15, 0.2) is 48.5 Å². The summed E-state index contributed by atoms with van der Waals surface area (Å²) in [5, 5.41) is 9.19. The summed E-state index contributed by atoms with van der Waals surface area (Å²) in [6.45, 7) is 1.05. The Labute approximate surface area is 132 Å². The molecule has 2 aromatic rings. The fourth-order valence-electron chi connectivity index (χ4n) is 3.26. The first-order chi connectivity index (χ1) is 10.8. The number of nitrogens with two attached hydrogens (primary N) is 1. The Hall–Kier alpha value is -2.47. The molecule has 0 bridgehead atoms. The van der Waals surface area contributed by atoms with Crippen LogP contribution in [0.25, 0.3) is 0 Å². The topological polar surface area (TPSA) is 53.0 Å². The van der Waals surface area contributed by atoms with Gasteiger partial charge in [-0.05, 0) is 49.4 Å². The molecule has 0 saturated carbocycles. The molecular formula is C19H21N3. The van der Waals surface area contributed by atoms with E-state index in [1.807, 2.05) is 18.2 Å². The molecule has 0 amide bonds. The van der Waals surface area contributed by atoms with Gasteiger partial charge < -0.3 is 10.6 Å². The molecule has 1 aliphatic heterocycles. The first kappa shape index (κ1) is 14.5. The molecule has 0 aromatic heterocycles. The summed E-state index contributed by atoms with van der Waals surface area (Å²) in [5.74, 6) is 0. The second kappa shape index (κ2) is 6.53. The Bertz CT molecular complexity index is 673. The largest absolute Gasteiger partial charge is 0.398 e. The van der Waals surface area contributed by atoms with Gasteiger partial charge in [0.25, 0.3) is 0 Å². The van der Waals surface area contributed by atoms with Gasteiger partial charge in [-0.2, -0.15) is 5.26 Å². The number of piperidine rings is 1. The lowest BCUT2D eigenvalue weighted by molar-refractivity contribution is 0.457. The summed E-state index contributed by atoms with van der Waals surface area (Å²) in [6.07, 6.45) is 4.72. The third kappa shape index (κ3) is 3.07. The highest BCUT2D eigenvalue weighted by Gasteiger charge is 2.23. The van der Waals surface area contributed by atoms with Crippen molar-refractivity contribution in [2.45, 2.75) is 31.7 Å². The number of nitriles is 1. The van der Waals surface area contributed by atoms with Gasteiger partial charge in [0.1, 0.15) is 6.07 Å². The van der Waals surface area contributed by atoms with Gasteiger partial charge in [-0.1, -0.05) is 30.3 Å². The van der Waals surface area contributed by atoms with Crippen molar-refractivity contribution in [1.82, 2.24) is 0 Å². The van der Waals surface area contributed by atoms with E-state index in [9.17, 15) is 5.26 Å². The van der Waals surface area contributed by atoms with E-state index in [2.05, 4.69) is 41.3 Å². The van der Waals surface area contributed by atoms with Crippen molar-refractivity contribution in [2.75, 3.05) is 17.2 Å². The molecule has 0 spiro atoms. The highest BCUT2D eigenvalue weighted by atomic mass is 15.2.